The summed E-state index contributed by atoms with van der Waals surface area (Å²) in [5.41, 5.74) is 1.73. The monoisotopic (exact) mass is 343 g/mol. The third-order valence-electron chi connectivity index (χ3n) is 5.28. The standard InChI is InChI=1S/C19H25N3O3/c1-15-4-2-3-5-17(15)19(25)21-8-6-16(7-9-21)18(24)22-12-10-20(14-23)11-13-22/h2-5,14,16H,6-13H2,1H3. The van der Waals surface area contributed by atoms with E-state index in [0.717, 1.165) is 17.5 Å². The van der Waals surface area contributed by atoms with E-state index in [0.29, 0.717) is 52.1 Å². The maximum absolute atomic E-state index is 12.7. The van der Waals surface area contributed by atoms with E-state index in [9.17, 15) is 14.4 Å². The molecule has 1 aromatic carbocycles. The number of carbonyl (C=O) groups excluding carboxylic acids is 3. The lowest BCUT2D eigenvalue weighted by molar-refractivity contribution is -0.140. The molecule has 6 heteroatoms. The Morgan fingerprint density at radius 1 is 0.960 bits per heavy atom. The predicted octanol–water partition coefficient (Wildman–Crippen LogP) is 1.15. The van der Waals surface area contributed by atoms with Gasteiger partial charge in [0.25, 0.3) is 5.91 Å². The van der Waals surface area contributed by atoms with Crippen LogP contribution in [0.2, 0.25) is 0 Å². The summed E-state index contributed by atoms with van der Waals surface area (Å²) in [6.07, 6.45) is 2.27. The van der Waals surface area contributed by atoms with Crippen molar-refractivity contribution < 1.29 is 14.4 Å². The van der Waals surface area contributed by atoms with Gasteiger partial charge in [-0.2, -0.15) is 0 Å². The SMILES string of the molecule is Cc1ccccc1C(=O)N1CCC(C(=O)N2CCN(C=O)CC2)CC1. The lowest BCUT2D eigenvalue weighted by atomic mass is 9.94. The topological polar surface area (TPSA) is 60.9 Å². The maximum atomic E-state index is 12.7. The molecule has 6 nitrogen and oxygen atoms in total. The van der Waals surface area contributed by atoms with Gasteiger partial charge in [0.15, 0.2) is 0 Å². The van der Waals surface area contributed by atoms with E-state index >= 15 is 0 Å². The van der Waals surface area contributed by atoms with Crippen LogP contribution in [0.4, 0.5) is 0 Å². The van der Waals surface area contributed by atoms with Gasteiger partial charge >= 0.3 is 0 Å². The lowest BCUT2D eigenvalue weighted by Crippen LogP contribution is -2.51. The van der Waals surface area contributed by atoms with Crippen molar-refractivity contribution in [1.29, 1.82) is 0 Å². The second-order valence-electron chi connectivity index (χ2n) is 6.85. The van der Waals surface area contributed by atoms with E-state index < -0.39 is 0 Å². The number of likely N-dealkylation sites (tertiary alicyclic amines) is 1. The molecule has 0 unspecified atom stereocenters. The molecule has 0 spiro atoms. The molecule has 25 heavy (non-hydrogen) atoms. The second-order valence-corrected chi connectivity index (χ2v) is 6.85. The molecule has 3 amide bonds. The molecule has 2 aliphatic rings. The van der Waals surface area contributed by atoms with Gasteiger partial charge in [-0.15, -0.1) is 0 Å². The highest BCUT2D eigenvalue weighted by Gasteiger charge is 2.31. The van der Waals surface area contributed by atoms with Gasteiger partial charge < -0.3 is 14.7 Å². The van der Waals surface area contributed by atoms with Crippen molar-refractivity contribution in [3.63, 3.8) is 0 Å². The van der Waals surface area contributed by atoms with Gasteiger partial charge in [-0.05, 0) is 31.4 Å². The fourth-order valence-electron chi connectivity index (χ4n) is 3.62. The normalized spacial score (nSPS) is 19.0. The smallest absolute Gasteiger partial charge is 0.254 e. The summed E-state index contributed by atoms with van der Waals surface area (Å²) >= 11 is 0. The van der Waals surface area contributed by atoms with E-state index in [-0.39, 0.29) is 17.7 Å². The van der Waals surface area contributed by atoms with Crippen LogP contribution in [0.5, 0.6) is 0 Å². The highest BCUT2D eigenvalue weighted by Crippen LogP contribution is 2.22. The first-order valence-electron chi connectivity index (χ1n) is 8.93. The number of amides is 3. The molecule has 2 saturated heterocycles. The summed E-state index contributed by atoms with van der Waals surface area (Å²) in [5, 5.41) is 0. The molecule has 0 bridgehead atoms. The third kappa shape index (κ3) is 3.83. The molecular formula is C19H25N3O3. The first kappa shape index (κ1) is 17.5. The molecule has 0 aliphatic carbocycles. The average molecular weight is 343 g/mol. The molecule has 134 valence electrons. The Balaban J connectivity index is 1.53. The number of hydrogen-bond acceptors (Lipinski definition) is 3. The highest BCUT2D eigenvalue weighted by molar-refractivity contribution is 5.95. The lowest BCUT2D eigenvalue weighted by Gasteiger charge is -2.37. The van der Waals surface area contributed by atoms with Crippen LogP contribution in [0.25, 0.3) is 0 Å². The molecule has 2 heterocycles. The minimum absolute atomic E-state index is 0.0105. The van der Waals surface area contributed by atoms with Crippen LogP contribution < -0.4 is 0 Å². The Labute approximate surface area is 148 Å². The van der Waals surface area contributed by atoms with Crippen molar-refractivity contribution in [1.82, 2.24) is 14.7 Å². The zero-order valence-electron chi connectivity index (χ0n) is 14.7. The molecular weight excluding hydrogens is 318 g/mol. The van der Waals surface area contributed by atoms with Crippen LogP contribution in [0.3, 0.4) is 0 Å². The Bertz CT molecular complexity index is 645. The van der Waals surface area contributed by atoms with Crippen LogP contribution in [-0.4, -0.2) is 72.2 Å². The molecule has 3 rings (SSSR count). The summed E-state index contributed by atoms with van der Waals surface area (Å²) in [5.74, 6) is 0.223. The van der Waals surface area contributed by atoms with E-state index in [1.807, 2.05) is 41.0 Å². The van der Waals surface area contributed by atoms with Crippen molar-refractivity contribution in [2.75, 3.05) is 39.3 Å². The van der Waals surface area contributed by atoms with Crippen molar-refractivity contribution in [3.05, 3.63) is 35.4 Å². The van der Waals surface area contributed by atoms with Gasteiger partial charge in [-0.1, -0.05) is 18.2 Å². The first-order valence-corrected chi connectivity index (χ1v) is 8.93. The van der Waals surface area contributed by atoms with Crippen molar-refractivity contribution >= 4 is 18.2 Å². The van der Waals surface area contributed by atoms with Crippen molar-refractivity contribution in [2.45, 2.75) is 19.8 Å². The predicted molar refractivity (Wildman–Crippen MR) is 94.0 cm³/mol. The first-order chi connectivity index (χ1) is 12.1. The largest absolute Gasteiger partial charge is 0.342 e. The number of rotatable bonds is 3. The molecule has 0 N–H and O–H groups in total. The zero-order valence-corrected chi connectivity index (χ0v) is 14.7. The fourth-order valence-corrected chi connectivity index (χ4v) is 3.62. The number of piperazine rings is 1. The number of piperidine rings is 1. The number of carbonyl (C=O) groups is 3. The Hall–Kier alpha value is -2.37. The number of hydrogen-bond donors (Lipinski definition) is 0. The molecule has 2 aliphatic heterocycles. The number of aryl methyl sites for hydroxylation is 1. The fraction of sp³-hybridized carbons (Fsp3) is 0.526. The van der Waals surface area contributed by atoms with E-state index in [1.54, 1.807) is 4.90 Å². The summed E-state index contributed by atoms with van der Waals surface area (Å²) in [4.78, 5) is 41.5. The maximum Gasteiger partial charge on any atom is 0.254 e. The minimum atomic E-state index is -0.0105. The Morgan fingerprint density at radius 2 is 1.60 bits per heavy atom. The average Bonchev–Trinajstić information content (AvgIpc) is 2.67. The molecule has 2 fully saturated rings. The summed E-state index contributed by atoms with van der Waals surface area (Å²) in [7, 11) is 0. The van der Waals surface area contributed by atoms with Gasteiger partial charge in [-0.25, -0.2) is 0 Å². The van der Waals surface area contributed by atoms with Crippen LogP contribution in [0.1, 0.15) is 28.8 Å². The summed E-state index contributed by atoms with van der Waals surface area (Å²) < 4.78 is 0. The van der Waals surface area contributed by atoms with Crippen molar-refractivity contribution in [2.24, 2.45) is 5.92 Å². The number of benzene rings is 1. The van der Waals surface area contributed by atoms with Crippen LogP contribution in [0.15, 0.2) is 24.3 Å². The van der Waals surface area contributed by atoms with E-state index in [4.69, 9.17) is 0 Å². The van der Waals surface area contributed by atoms with Gasteiger partial charge in [0.2, 0.25) is 12.3 Å². The van der Waals surface area contributed by atoms with Gasteiger partial charge in [0.1, 0.15) is 0 Å². The summed E-state index contributed by atoms with van der Waals surface area (Å²) in [6.45, 7) is 5.64. The Kier molecular flexibility index (Phi) is 5.36. The molecule has 0 saturated carbocycles. The van der Waals surface area contributed by atoms with Gasteiger partial charge in [-0.3, -0.25) is 14.4 Å². The Morgan fingerprint density at radius 3 is 2.20 bits per heavy atom. The third-order valence-corrected chi connectivity index (χ3v) is 5.28. The van der Waals surface area contributed by atoms with Crippen molar-refractivity contribution in [3.8, 4) is 0 Å². The minimum Gasteiger partial charge on any atom is -0.342 e. The zero-order chi connectivity index (χ0) is 17.8. The molecule has 1 aromatic rings. The van der Waals surface area contributed by atoms with Gasteiger partial charge in [0, 0.05) is 50.7 Å². The van der Waals surface area contributed by atoms with E-state index in [2.05, 4.69) is 0 Å². The quantitative estimate of drug-likeness (QED) is 0.774. The number of nitrogens with zero attached hydrogens (tertiary/aromatic N) is 3. The van der Waals surface area contributed by atoms with Crippen LogP contribution in [0, 0.1) is 12.8 Å². The van der Waals surface area contributed by atoms with Crippen LogP contribution in [-0.2, 0) is 9.59 Å². The van der Waals surface area contributed by atoms with E-state index in [1.165, 1.54) is 0 Å². The van der Waals surface area contributed by atoms with Gasteiger partial charge in [0.05, 0.1) is 0 Å². The molecule has 0 atom stereocenters. The highest BCUT2D eigenvalue weighted by atomic mass is 16.2. The summed E-state index contributed by atoms with van der Waals surface area (Å²) in [6, 6.07) is 7.63. The second kappa shape index (κ2) is 7.68. The molecule has 0 radical (unpaired) electrons. The van der Waals surface area contributed by atoms with Crippen LogP contribution >= 0.6 is 0 Å². The molecule has 0 aromatic heterocycles.